The first-order chi connectivity index (χ1) is 10.2. The Morgan fingerprint density at radius 1 is 0.952 bits per heavy atom. The number of rotatable bonds is 3. The van der Waals surface area contributed by atoms with Crippen LogP contribution in [0.4, 0.5) is 5.69 Å². The van der Waals surface area contributed by atoms with Crippen LogP contribution in [0, 0.1) is 0 Å². The molecule has 1 aliphatic rings. The van der Waals surface area contributed by atoms with Gasteiger partial charge in [0.1, 0.15) is 5.75 Å². The fraction of sp³-hybridized carbons (Fsp3) is 0.294. The Morgan fingerprint density at radius 2 is 1.71 bits per heavy atom. The number of anilines is 1. The zero-order valence-corrected chi connectivity index (χ0v) is 12.6. The monoisotopic (exact) mass is 302 g/mol. The smallest absolute Gasteiger partial charge is 0.115 e. The number of aromatic hydroxyl groups is 1. The average molecular weight is 303 g/mol. The Kier molecular flexibility index (Phi) is 4.32. The summed E-state index contributed by atoms with van der Waals surface area (Å²) in [6.45, 7) is 4.83. The predicted molar refractivity (Wildman–Crippen MR) is 87.0 cm³/mol. The molecule has 2 aromatic rings. The molecule has 3 nitrogen and oxygen atoms in total. The standard InChI is InChI=1S/C17H19ClN2O/c18-16-6-1-2-7-17(16)20-10-8-19(9-11-20)13-14-4-3-5-15(21)12-14/h1-7,12,21H,8-11,13H2. The van der Waals surface area contributed by atoms with E-state index < -0.39 is 0 Å². The van der Waals surface area contributed by atoms with Crippen molar-refractivity contribution in [3.63, 3.8) is 0 Å². The molecule has 3 rings (SSSR count). The van der Waals surface area contributed by atoms with Crippen molar-refractivity contribution in [3.05, 3.63) is 59.1 Å². The van der Waals surface area contributed by atoms with E-state index in [0.717, 1.165) is 49.0 Å². The maximum atomic E-state index is 9.52. The first-order valence-corrected chi connectivity index (χ1v) is 7.60. The lowest BCUT2D eigenvalue weighted by molar-refractivity contribution is 0.249. The number of phenols is 1. The van der Waals surface area contributed by atoms with E-state index >= 15 is 0 Å². The molecule has 1 saturated heterocycles. The zero-order chi connectivity index (χ0) is 14.7. The quantitative estimate of drug-likeness (QED) is 0.942. The van der Waals surface area contributed by atoms with Crippen molar-refractivity contribution in [1.29, 1.82) is 0 Å². The number of phenolic OH excluding ortho intramolecular Hbond substituents is 1. The summed E-state index contributed by atoms with van der Waals surface area (Å²) in [5.74, 6) is 0.335. The lowest BCUT2D eigenvalue weighted by atomic mass is 10.2. The van der Waals surface area contributed by atoms with E-state index in [4.69, 9.17) is 11.6 Å². The number of halogens is 1. The summed E-state index contributed by atoms with van der Waals surface area (Å²) in [7, 11) is 0. The molecule has 0 aromatic heterocycles. The zero-order valence-electron chi connectivity index (χ0n) is 11.9. The van der Waals surface area contributed by atoms with Gasteiger partial charge in [-0.3, -0.25) is 4.90 Å². The highest BCUT2D eigenvalue weighted by Gasteiger charge is 2.18. The number of hydrogen-bond acceptors (Lipinski definition) is 3. The molecular weight excluding hydrogens is 284 g/mol. The third-order valence-corrected chi connectivity index (χ3v) is 4.20. The first kappa shape index (κ1) is 14.2. The molecule has 1 fully saturated rings. The Morgan fingerprint density at radius 3 is 2.43 bits per heavy atom. The Balaban J connectivity index is 1.59. The number of para-hydroxylation sites is 1. The Hall–Kier alpha value is -1.71. The highest BCUT2D eigenvalue weighted by atomic mass is 35.5. The average Bonchev–Trinajstić information content (AvgIpc) is 2.49. The molecule has 0 bridgehead atoms. The maximum Gasteiger partial charge on any atom is 0.115 e. The molecule has 0 unspecified atom stereocenters. The predicted octanol–water partition coefficient (Wildman–Crippen LogP) is 3.37. The fourth-order valence-electron chi connectivity index (χ4n) is 2.77. The minimum Gasteiger partial charge on any atom is -0.508 e. The third-order valence-electron chi connectivity index (χ3n) is 3.88. The van der Waals surface area contributed by atoms with Crippen molar-refractivity contribution in [1.82, 2.24) is 4.90 Å². The van der Waals surface area contributed by atoms with Crippen molar-refractivity contribution in [2.75, 3.05) is 31.1 Å². The van der Waals surface area contributed by atoms with E-state index in [-0.39, 0.29) is 0 Å². The fourth-order valence-corrected chi connectivity index (χ4v) is 3.02. The molecule has 1 N–H and O–H groups in total. The summed E-state index contributed by atoms with van der Waals surface area (Å²) >= 11 is 6.26. The summed E-state index contributed by atoms with van der Waals surface area (Å²) in [4.78, 5) is 4.74. The normalized spacial score (nSPS) is 16.1. The van der Waals surface area contributed by atoms with Gasteiger partial charge < -0.3 is 10.0 Å². The second-order valence-corrected chi connectivity index (χ2v) is 5.79. The molecule has 0 atom stereocenters. The molecular formula is C17H19ClN2O. The Bertz CT molecular complexity index is 609. The van der Waals surface area contributed by atoms with Crippen LogP contribution in [0.3, 0.4) is 0 Å². The van der Waals surface area contributed by atoms with Gasteiger partial charge >= 0.3 is 0 Å². The van der Waals surface area contributed by atoms with E-state index in [1.54, 1.807) is 6.07 Å². The maximum absolute atomic E-state index is 9.52. The van der Waals surface area contributed by atoms with Crippen molar-refractivity contribution in [2.45, 2.75) is 6.54 Å². The van der Waals surface area contributed by atoms with Gasteiger partial charge in [-0.2, -0.15) is 0 Å². The molecule has 4 heteroatoms. The largest absolute Gasteiger partial charge is 0.508 e. The third kappa shape index (κ3) is 3.49. The van der Waals surface area contributed by atoms with Crippen molar-refractivity contribution in [2.24, 2.45) is 0 Å². The molecule has 110 valence electrons. The van der Waals surface area contributed by atoms with Gasteiger partial charge in [-0.25, -0.2) is 0 Å². The van der Waals surface area contributed by atoms with Crippen LogP contribution >= 0.6 is 11.6 Å². The van der Waals surface area contributed by atoms with Crippen LogP contribution in [0.25, 0.3) is 0 Å². The first-order valence-electron chi connectivity index (χ1n) is 7.22. The lowest BCUT2D eigenvalue weighted by Gasteiger charge is -2.36. The summed E-state index contributed by atoms with van der Waals surface area (Å²) in [6.07, 6.45) is 0. The van der Waals surface area contributed by atoms with Crippen LogP contribution in [0.1, 0.15) is 5.56 Å². The van der Waals surface area contributed by atoms with Gasteiger partial charge in [-0.15, -0.1) is 0 Å². The molecule has 0 amide bonds. The van der Waals surface area contributed by atoms with Gasteiger partial charge in [-0.05, 0) is 29.8 Å². The highest BCUT2D eigenvalue weighted by Crippen LogP contribution is 2.26. The summed E-state index contributed by atoms with van der Waals surface area (Å²) < 4.78 is 0. The van der Waals surface area contributed by atoms with Crippen LogP contribution in [0.15, 0.2) is 48.5 Å². The second-order valence-electron chi connectivity index (χ2n) is 5.38. The minimum atomic E-state index is 0.335. The van der Waals surface area contributed by atoms with E-state index in [1.807, 2.05) is 30.3 Å². The van der Waals surface area contributed by atoms with E-state index in [0.29, 0.717) is 5.75 Å². The molecule has 0 saturated carbocycles. The number of benzene rings is 2. The minimum absolute atomic E-state index is 0.335. The van der Waals surface area contributed by atoms with Crippen LogP contribution in [-0.4, -0.2) is 36.2 Å². The van der Waals surface area contributed by atoms with Crippen molar-refractivity contribution in [3.8, 4) is 5.75 Å². The van der Waals surface area contributed by atoms with Gasteiger partial charge in [0, 0.05) is 32.7 Å². The molecule has 2 aromatic carbocycles. The molecule has 1 aliphatic heterocycles. The van der Waals surface area contributed by atoms with E-state index in [2.05, 4.69) is 21.9 Å². The summed E-state index contributed by atoms with van der Waals surface area (Å²) in [6, 6.07) is 15.5. The molecule has 0 radical (unpaired) electrons. The van der Waals surface area contributed by atoms with Crippen LogP contribution in [0.2, 0.25) is 5.02 Å². The molecule has 21 heavy (non-hydrogen) atoms. The van der Waals surface area contributed by atoms with E-state index in [1.165, 1.54) is 0 Å². The van der Waals surface area contributed by atoms with Gasteiger partial charge in [0.25, 0.3) is 0 Å². The lowest BCUT2D eigenvalue weighted by Crippen LogP contribution is -2.46. The van der Waals surface area contributed by atoms with Crippen LogP contribution < -0.4 is 4.90 Å². The van der Waals surface area contributed by atoms with Crippen molar-refractivity contribution >= 4 is 17.3 Å². The molecule has 1 heterocycles. The van der Waals surface area contributed by atoms with E-state index in [9.17, 15) is 5.11 Å². The number of nitrogens with zero attached hydrogens (tertiary/aromatic N) is 2. The van der Waals surface area contributed by atoms with Gasteiger partial charge in [0.15, 0.2) is 0 Å². The SMILES string of the molecule is Oc1cccc(CN2CCN(c3ccccc3Cl)CC2)c1. The van der Waals surface area contributed by atoms with Gasteiger partial charge in [-0.1, -0.05) is 35.9 Å². The topological polar surface area (TPSA) is 26.7 Å². The molecule has 0 aliphatic carbocycles. The summed E-state index contributed by atoms with van der Waals surface area (Å²) in [5.41, 5.74) is 2.28. The molecule has 0 spiro atoms. The summed E-state index contributed by atoms with van der Waals surface area (Å²) in [5, 5.41) is 10.3. The van der Waals surface area contributed by atoms with Gasteiger partial charge in [0.2, 0.25) is 0 Å². The Labute approximate surface area is 130 Å². The van der Waals surface area contributed by atoms with Crippen molar-refractivity contribution < 1.29 is 5.11 Å². The van der Waals surface area contributed by atoms with Crippen LogP contribution in [0.5, 0.6) is 5.75 Å². The van der Waals surface area contributed by atoms with Gasteiger partial charge in [0.05, 0.1) is 10.7 Å². The second kappa shape index (κ2) is 6.37. The highest BCUT2D eigenvalue weighted by molar-refractivity contribution is 6.33. The van der Waals surface area contributed by atoms with Crippen LogP contribution in [-0.2, 0) is 6.54 Å². The number of piperazine rings is 1. The number of hydrogen-bond donors (Lipinski definition) is 1.